The van der Waals surface area contributed by atoms with Gasteiger partial charge in [-0.3, -0.25) is 9.78 Å². The average molecular weight is 370 g/mol. The number of hydrogen-bond donors (Lipinski definition) is 0. The molecule has 0 unspecified atom stereocenters. The first-order chi connectivity index (χ1) is 13.8. The molecule has 6 heteroatoms. The summed E-state index contributed by atoms with van der Waals surface area (Å²) in [4.78, 5) is 23.9. The maximum atomic E-state index is 13.3. The summed E-state index contributed by atoms with van der Waals surface area (Å²) >= 11 is 0. The largest absolute Gasteiger partial charge is 0.337 e. The lowest BCUT2D eigenvalue weighted by Crippen LogP contribution is -2.30. The fraction of sp³-hybridized carbons (Fsp3) is 0.182. The lowest BCUT2D eigenvalue weighted by Gasteiger charge is -2.22. The van der Waals surface area contributed by atoms with E-state index in [4.69, 9.17) is 4.52 Å². The van der Waals surface area contributed by atoms with Gasteiger partial charge in [0, 0.05) is 35.5 Å². The van der Waals surface area contributed by atoms with Crippen molar-refractivity contribution < 1.29 is 9.32 Å². The highest BCUT2D eigenvalue weighted by molar-refractivity contribution is 6.07. The number of aromatic nitrogens is 3. The summed E-state index contributed by atoms with van der Waals surface area (Å²) in [6, 6.07) is 17.1. The molecule has 0 saturated carbocycles. The molecule has 6 nitrogen and oxygen atoms in total. The van der Waals surface area contributed by atoms with Gasteiger partial charge < -0.3 is 9.42 Å². The third kappa shape index (κ3) is 2.83. The van der Waals surface area contributed by atoms with E-state index in [0.29, 0.717) is 23.8 Å². The standard InChI is InChI=1S/C22H18N4O2/c27-22(18-9-4-8-16-14-23-12-11-17(16)18)26-13-5-10-19(26)21-24-20(25-28-21)15-6-2-1-3-7-15/h1-4,6-9,11-12,14,19H,5,10,13H2/t19-/m1/s1. The van der Waals surface area contributed by atoms with Crippen molar-refractivity contribution in [2.45, 2.75) is 18.9 Å². The van der Waals surface area contributed by atoms with Crippen molar-refractivity contribution in [3.63, 3.8) is 0 Å². The van der Waals surface area contributed by atoms with E-state index in [1.807, 2.05) is 59.5 Å². The third-order valence-electron chi connectivity index (χ3n) is 5.18. The van der Waals surface area contributed by atoms with Gasteiger partial charge in [0.2, 0.25) is 11.7 Å². The smallest absolute Gasteiger partial charge is 0.255 e. The van der Waals surface area contributed by atoms with Crippen LogP contribution in [-0.4, -0.2) is 32.5 Å². The van der Waals surface area contributed by atoms with E-state index >= 15 is 0 Å². The maximum absolute atomic E-state index is 13.3. The van der Waals surface area contributed by atoms with Gasteiger partial charge in [0.1, 0.15) is 6.04 Å². The number of fused-ring (bicyclic) bond motifs is 1. The summed E-state index contributed by atoms with van der Waals surface area (Å²) in [6.07, 6.45) is 5.21. The molecule has 5 rings (SSSR count). The Balaban J connectivity index is 1.47. The van der Waals surface area contributed by atoms with Crippen molar-refractivity contribution in [2.24, 2.45) is 0 Å². The van der Waals surface area contributed by atoms with Crippen LogP contribution in [0.4, 0.5) is 0 Å². The molecular formula is C22H18N4O2. The Morgan fingerprint density at radius 2 is 1.96 bits per heavy atom. The van der Waals surface area contributed by atoms with Crippen LogP contribution in [0.1, 0.15) is 35.1 Å². The van der Waals surface area contributed by atoms with Crippen molar-refractivity contribution in [1.29, 1.82) is 0 Å². The second-order valence-electron chi connectivity index (χ2n) is 6.88. The molecule has 2 aromatic heterocycles. The Morgan fingerprint density at radius 1 is 1.07 bits per heavy atom. The normalized spacial score (nSPS) is 16.6. The van der Waals surface area contributed by atoms with Gasteiger partial charge in [-0.05, 0) is 30.4 Å². The lowest BCUT2D eigenvalue weighted by molar-refractivity contribution is 0.0712. The minimum Gasteiger partial charge on any atom is -0.337 e. The Labute approximate surface area is 161 Å². The van der Waals surface area contributed by atoms with Gasteiger partial charge in [-0.25, -0.2) is 0 Å². The number of carbonyl (C=O) groups excluding carboxylic acids is 1. The zero-order valence-corrected chi connectivity index (χ0v) is 15.2. The number of pyridine rings is 1. The Hall–Kier alpha value is -3.54. The number of carbonyl (C=O) groups is 1. The molecule has 1 saturated heterocycles. The minimum atomic E-state index is -0.199. The number of hydrogen-bond acceptors (Lipinski definition) is 5. The molecule has 1 fully saturated rings. The van der Waals surface area contributed by atoms with Crippen molar-refractivity contribution in [3.05, 3.63) is 78.4 Å². The van der Waals surface area contributed by atoms with Gasteiger partial charge in [-0.2, -0.15) is 4.98 Å². The number of likely N-dealkylation sites (tertiary alicyclic amines) is 1. The first-order valence-electron chi connectivity index (χ1n) is 9.34. The molecule has 4 aromatic rings. The van der Waals surface area contributed by atoms with E-state index in [1.54, 1.807) is 12.4 Å². The molecule has 0 N–H and O–H groups in total. The van der Waals surface area contributed by atoms with E-state index in [-0.39, 0.29) is 11.9 Å². The monoisotopic (exact) mass is 370 g/mol. The average Bonchev–Trinajstić information content (AvgIpc) is 3.43. The molecule has 1 aliphatic rings. The molecule has 0 aliphatic carbocycles. The summed E-state index contributed by atoms with van der Waals surface area (Å²) in [5, 5.41) is 5.97. The Kier molecular flexibility index (Phi) is 4.09. The highest BCUT2D eigenvalue weighted by atomic mass is 16.5. The van der Waals surface area contributed by atoms with Gasteiger partial charge in [-0.1, -0.05) is 47.6 Å². The van der Waals surface area contributed by atoms with Crippen LogP contribution in [0, 0.1) is 0 Å². The highest BCUT2D eigenvalue weighted by Crippen LogP contribution is 2.34. The van der Waals surface area contributed by atoms with E-state index < -0.39 is 0 Å². The predicted molar refractivity (Wildman–Crippen MR) is 104 cm³/mol. The molecule has 1 aliphatic heterocycles. The molecule has 2 aromatic carbocycles. The van der Waals surface area contributed by atoms with Gasteiger partial charge in [-0.15, -0.1) is 0 Å². The van der Waals surface area contributed by atoms with Gasteiger partial charge >= 0.3 is 0 Å². The number of amides is 1. The van der Waals surface area contributed by atoms with Crippen LogP contribution in [0.2, 0.25) is 0 Å². The molecule has 0 radical (unpaired) electrons. The van der Waals surface area contributed by atoms with E-state index in [1.165, 1.54) is 0 Å². The van der Waals surface area contributed by atoms with Crippen LogP contribution in [0.15, 0.2) is 71.5 Å². The van der Waals surface area contributed by atoms with Crippen LogP contribution < -0.4 is 0 Å². The number of benzene rings is 2. The van der Waals surface area contributed by atoms with E-state index in [0.717, 1.165) is 29.2 Å². The van der Waals surface area contributed by atoms with Crippen molar-refractivity contribution in [2.75, 3.05) is 6.54 Å². The summed E-state index contributed by atoms with van der Waals surface area (Å²) in [5.74, 6) is 1.02. The number of nitrogens with zero attached hydrogens (tertiary/aromatic N) is 4. The molecule has 0 bridgehead atoms. The first-order valence-corrected chi connectivity index (χ1v) is 9.34. The summed E-state index contributed by atoms with van der Waals surface area (Å²) in [7, 11) is 0. The summed E-state index contributed by atoms with van der Waals surface area (Å²) in [5.41, 5.74) is 1.57. The van der Waals surface area contributed by atoms with Crippen LogP contribution in [0.3, 0.4) is 0 Å². The molecule has 1 atom stereocenters. The second kappa shape index (κ2) is 6.88. The predicted octanol–water partition coefficient (Wildman–Crippen LogP) is 4.26. The van der Waals surface area contributed by atoms with Crippen LogP contribution in [0.5, 0.6) is 0 Å². The topological polar surface area (TPSA) is 72.1 Å². The first kappa shape index (κ1) is 16.6. The molecule has 1 amide bonds. The van der Waals surface area contributed by atoms with Crippen molar-refractivity contribution in [1.82, 2.24) is 20.0 Å². The molecule has 138 valence electrons. The molecule has 3 heterocycles. The number of rotatable bonds is 3. The zero-order chi connectivity index (χ0) is 18.9. The van der Waals surface area contributed by atoms with Crippen molar-refractivity contribution in [3.8, 4) is 11.4 Å². The lowest BCUT2D eigenvalue weighted by atomic mass is 10.1. The molecular weight excluding hydrogens is 352 g/mol. The second-order valence-corrected chi connectivity index (χ2v) is 6.88. The van der Waals surface area contributed by atoms with Crippen LogP contribution in [-0.2, 0) is 0 Å². The molecule has 0 spiro atoms. The SMILES string of the molecule is O=C(c1cccc2cnccc12)N1CCC[C@@H]1c1nc(-c2ccccc2)no1. The maximum Gasteiger partial charge on any atom is 0.255 e. The van der Waals surface area contributed by atoms with E-state index in [2.05, 4.69) is 15.1 Å². The van der Waals surface area contributed by atoms with Gasteiger partial charge in [0.25, 0.3) is 5.91 Å². The fourth-order valence-electron chi connectivity index (χ4n) is 3.81. The van der Waals surface area contributed by atoms with Crippen molar-refractivity contribution >= 4 is 16.7 Å². The summed E-state index contributed by atoms with van der Waals surface area (Å²) in [6.45, 7) is 0.675. The minimum absolute atomic E-state index is 0.0150. The van der Waals surface area contributed by atoms with Crippen LogP contribution in [0.25, 0.3) is 22.2 Å². The molecule has 28 heavy (non-hydrogen) atoms. The Morgan fingerprint density at radius 3 is 2.86 bits per heavy atom. The fourth-order valence-corrected chi connectivity index (χ4v) is 3.81. The van der Waals surface area contributed by atoms with Gasteiger partial charge in [0.05, 0.1) is 0 Å². The highest BCUT2D eigenvalue weighted by Gasteiger charge is 2.35. The van der Waals surface area contributed by atoms with E-state index in [9.17, 15) is 4.79 Å². The van der Waals surface area contributed by atoms with Gasteiger partial charge in [0.15, 0.2) is 0 Å². The van der Waals surface area contributed by atoms with Crippen LogP contribution >= 0.6 is 0 Å². The summed E-state index contributed by atoms with van der Waals surface area (Å²) < 4.78 is 5.54. The quantitative estimate of drug-likeness (QED) is 0.539. The Bertz CT molecular complexity index is 1130. The zero-order valence-electron chi connectivity index (χ0n) is 15.2. The third-order valence-corrected chi connectivity index (χ3v) is 5.18.